The van der Waals surface area contributed by atoms with Crippen LogP contribution in [0, 0.1) is 17.0 Å². The van der Waals surface area contributed by atoms with Crippen molar-refractivity contribution in [1.29, 1.82) is 0 Å². The lowest BCUT2D eigenvalue weighted by molar-refractivity contribution is -0.385. The van der Waals surface area contributed by atoms with Gasteiger partial charge in [0, 0.05) is 23.7 Å². The number of rotatable bonds is 5. The van der Waals surface area contributed by atoms with Crippen molar-refractivity contribution < 1.29 is 4.92 Å². The molecule has 0 fully saturated rings. The Hall–Kier alpha value is -1.49. The van der Waals surface area contributed by atoms with E-state index >= 15 is 0 Å². The number of hydrogen-bond donors (Lipinski definition) is 1. The van der Waals surface area contributed by atoms with Gasteiger partial charge in [0.25, 0.3) is 5.69 Å². The zero-order valence-corrected chi connectivity index (χ0v) is 9.86. The molecule has 1 rings (SSSR count). The molecule has 0 amide bonds. The van der Waals surface area contributed by atoms with Gasteiger partial charge in [0.05, 0.1) is 4.92 Å². The predicted molar refractivity (Wildman–Crippen MR) is 62.5 cm³/mol. The summed E-state index contributed by atoms with van der Waals surface area (Å²) in [6, 6.07) is 2.12. The van der Waals surface area contributed by atoms with Crippen LogP contribution in [0.2, 0.25) is 0 Å². The number of pyridine rings is 1. The second-order valence-corrected chi connectivity index (χ2v) is 3.88. The topological polar surface area (TPSA) is 68.1 Å². The second kappa shape index (κ2) is 5.55. The lowest BCUT2D eigenvalue weighted by atomic mass is 10.1. The zero-order chi connectivity index (χ0) is 12.1. The van der Waals surface area contributed by atoms with Gasteiger partial charge >= 0.3 is 0 Å². The van der Waals surface area contributed by atoms with E-state index in [-0.39, 0.29) is 5.69 Å². The number of nitrogens with zero attached hydrogens (tertiary/aromatic N) is 2. The van der Waals surface area contributed by atoms with Crippen LogP contribution in [0.15, 0.2) is 12.3 Å². The Bertz CT molecular complexity index is 379. The molecule has 16 heavy (non-hydrogen) atoms. The van der Waals surface area contributed by atoms with E-state index in [0.29, 0.717) is 11.6 Å². The third-order valence-corrected chi connectivity index (χ3v) is 2.40. The first-order chi connectivity index (χ1) is 7.54. The van der Waals surface area contributed by atoms with E-state index in [2.05, 4.69) is 17.2 Å². The smallest absolute Gasteiger partial charge is 0.290 e. The second-order valence-electron chi connectivity index (χ2n) is 3.88. The van der Waals surface area contributed by atoms with Crippen LogP contribution in [-0.4, -0.2) is 22.5 Å². The molecule has 0 aliphatic carbocycles. The maximum Gasteiger partial charge on any atom is 0.290 e. The summed E-state index contributed by atoms with van der Waals surface area (Å²) in [5, 5.41) is 13.9. The molecular formula is C11H17N3O2. The number of nitrogens with one attached hydrogen (secondary N) is 1. The quantitative estimate of drug-likeness (QED) is 0.611. The molecule has 0 saturated carbocycles. The SMILES string of the molecule is CCNC(C)Cc1cc(C)c([N+](=O)[O-])cn1. The number of aryl methyl sites for hydroxylation is 1. The average Bonchev–Trinajstić information content (AvgIpc) is 2.17. The minimum absolute atomic E-state index is 0.0832. The van der Waals surface area contributed by atoms with Crippen molar-refractivity contribution in [3.63, 3.8) is 0 Å². The standard InChI is InChI=1S/C11H17N3O2/c1-4-12-9(3)6-10-5-8(2)11(7-13-10)14(15)16/h5,7,9,12H,4,6H2,1-3H3. The maximum atomic E-state index is 10.6. The summed E-state index contributed by atoms with van der Waals surface area (Å²) >= 11 is 0. The molecule has 1 aromatic rings. The minimum Gasteiger partial charge on any atom is -0.314 e. The zero-order valence-electron chi connectivity index (χ0n) is 9.86. The highest BCUT2D eigenvalue weighted by Crippen LogP contribution is 2.17. The van der Waals surface area contributed by atoms with Crippen LogP contribution in [0.1, 0.15) is 25.1 Å². The third kappa shape index (κ3) is 3.27. The number of hydrogen-bond acceptors (Lipinski definition) is 4. The molecule has 1 heterocycles. The molecule has 1 aromatic heterocycles. The largest absolute Gasteiger partial charge is 0.314 e. The van der Waals surface area contributed by atoms with Crippen LogP contribution >= 0.6 is 0 Å². The number of likely N-dealkylation sites (N-methyl/N-ethyl adjacent to an activating group) is 1. The monoisotopic (exact) mass is 223 g/mol. The molecule has 1 N–H and O–H groups in total. The number of nitro groups is 1. The van der Waals surface area contributed by atoms with Crippen molar-refractivity contribution in [2.45, 2.75) is 33.2 Å². The Morgan fingerprint density at radius 1 is 1.62 bits per heavy atom. The molecule has 5 heteroatoms. The molecule has 0 bridgehead atoms. The van der Waals surface area contributed by atoms with Crippen LogP contribution in [-0.2, 0) is 6.42 Å². The predicted octanol–water partition coefficient (Wildman–Crippen LogP) is 1.84. The van der Waals surface area contributed by atoms with Crippen LogP contribution in [0.3, 0.4) is 0 Å². The van der Waals surface area contributed by atoms with E-state index in [1.165, 1.54) is 6.20 Å². The van der Waals surface area contributed by atoms with E-state index in [1.807, 2.05) is 6.92 Å². The normalized spacial score (nSPS) is 12.4. The van der Waals surface area contributed by atoms with E-state index in [1.54, 1.807) is 13.0 Å². The first-order valence-electron chi connectivity index (χ1n) is 5.38. The summed E-state index contributed by atoms with van der Waals surface area (Å²) in [7, 11) is 0. The highest BCUT2D eigenvalue weighted by molar-refractivity contribution is 5.37. The van der Waals surface area contributed by atoms with Crippen molar-refractivity contribution in [3.8, 4) is 0 Å². The molecule has 5 nitrogen and oxygen atoms in total. The third-order valence-electron chi connectivity index (χ3n) is 2.40. The minimum atomic E-state index is -0.403. The summed E-state index contributed by atoms with van der Waals surface area (Å²) in [5.41, 5.74) is 1.63. The summed E-state index contributed by atoms with van der Waals surface area (Å²) in [6.07, 6.45) is 2.12. The lowest BCUT2D eigenvalue weighted by Gasteiger charge is -2.11. The summed E-state index contributed by atoms with van der Waals surface area (Å²) < 4.78 is 0. The highest BCUT2D eigenvalue weighted by Gasteiger charge is 2.12. The van der Waals surface area contributed by atoms with E-state index in [0.717, 1.165) is 18.7 Å². The van der Waals surface area contributed by atoms with Crippen LogP contribution < -0.4 is 5.32 Å². The van der Waals surface area contributed by atoms with Gasteiger partial charge in [-0.3, -0.25) is 15.1 Å². The van der Waals surface area contributed by atoms with Gasteiger partial charge in [-0.1, -0.05) is 6.92 Å². The Kier molecular flexibility index (Phi) is 4.37. The maximum absolute atomic E-state index is 10.6. The van der Waals surface area contributed by atoms with Gasteiger partial charge in [-0.2, -0.15) is 0 Å². The van der Waals surface area contributed by atoms with Crippen molar-refractivity contribution in [2.24, 2.45) is 0 Å². The van der Waals surface area contributed by atoms with Gasteiger partial charge in [-0.25, -0.2) is 0 Å². The molecule has 1 unspecified atom stereocenters. The van der Waals surface area contributed by atoms with Crippen LogP contribution in [0.25, 0.3) is 0 Å². The molecule has 0 aromatic carbocycles. The van der Waals surface area contributed by atoms with Crippen molar-refractivity contribution >= 4 is 5.69 Å². The molecule has 0 aliphatic heterocycles. The van der Waals surface area contributed by atoms with Gasteiger partial charge < -0.3 is 5.32 Å². The molecule has 88 valence electrons. The highest BCUT2D eigenvalue weighted by atomic mass is 16.6. The Morgan fingerprint density at radius 2 is 2.31 bits per heavy atom. The Labute approximate surface area is 95.0 Å². The molecule has 0 radical (unpaired) electrons. The van der Waals surface area contributed by atoms with E-state index in [4.69, 9.17) is 0 Å². The van der Waals surface area contributed by atoms with E-state index < -0.39 is 4.92 Å². The molecule has 1 atom stereocenters. The summed E-state index contributed by atoms with van der Waals surface area (Å²) in [5.74, 6) is 0. The fourth-order valence-electron chi connectivity index (χ4n) is 1.64. The molecular weight excluding hydrogens is 206 g/mol. The number of aromatic nitrogens is 1. The molecule has 0 saturated heterocycles. The summed E-state index contributed by atoms with van der Waals surface area (Å²) in [6.45, 7) is 6.77. The first kappa shape index (κ1) is 12.6. The fourth-order valence-corrected chi connectivity index (χ4v) is 1.64. The molecule has 0 spiro atoms. The van der Waals surface area contributed by atoms with Crippen molar-refractivity contribution in [2.75, 3.05) is 6.54 Å². The Balaban J connectivity index is 2.77. The summed E-state index contributed by atoms with van der Waals surface area (Å²) in [4.78, 5) is 14.3. The van der Waals surface area contributed by atoms with Gasteiger partial charge in [0.2, 0.25) is 0 Å². The van der Waals surface area contributed by atoms with Gasteiger partial charge in [0.15, 0.2) is 0 Å². The average molecular weight is 223 g/mol. The fraction of sp³-hybridized carbons (Fsp3) is 0.545. The Morgan fingerprint density at radius 3 is 2.81 bits per heavy atom. The van der Waals surface area contributed by atoms with Crippen LogP contribution in [0.4, 0.5) is 5.69 Å². The van der Waals surface area contributed by atoms with Gasteiger partial charge in [-0.05, 0) is 26.5 Å². The van der Waals surface area contributed by atoms with Crippen molar-refractivity contribution in [3.05, 3.63) is 33.6 Å². The lowest BCUT2D eigenvalue weighted by Crippen LogP contribution is -2.27. The van der Waals surface area contributed by atoms with E-state index in [9.17, 15) is 10.1 Å². The first-order valence-corrected chi connectivity index (χ1v) is 5.38. The molecule has 0 aliphatic rings. The van der Waals surface area contributed by atoms with Gasteiger partial charge in [-0.15, -0.1) is 0 Å². The van der Waals surface area contributed by atoms with Gasteiger partial charge in [0.1, 0.15) is 6.20 Å². The van der Waals surface area contributed by atoms with Crippen molar-refractivity contribution in [1.82, 2.24) is 10.3 Å². The van der Waals surface area contributed by atoms with Crippen LogP contribution in [0.5, 0.6) is 0 Å².